The molecule has 2 unspecified atom stereocenters. The lowest BCUT2D eigenvalue weighted by atomic mass is 10.1. The van der Waals surface area contributed by atoms with Crippen LogP contribution in [0.25, 0.3) is 0 Å². The predicted octanol–water partition coefficient (Wildman–Crippen LogP) is 2.78. The lowest BCUT2D eigenvalue weighted by Crippen LogP contribution is -2.27. The molecule has 1 aromatic rings. The molecule has 1 aromatic heterocycles. The van der Waals surface area contributed by atoms with Crippen LogP contribution in [0.4, 0.5) is 5.82 Å². The van der Waals surface area contributed by atoms with Gasteiger partial charge in [0.05, 0.1) is 12.1 Å². The summed E-state index contributed by atoms with van der Waals surface area (Å²) in [6.07, 6.45) is 3.24. The van der Waals surface area contributed by atoms with Crippen LogP contribution in [0.2, 0.25) is 0 Å². The number of aryl methyl sites for hydroxylation is 1. The molecule has 1 N–H and O–H groups in total. The topological polar surface area (TPSA) is 47.0 Å². The minimum Gasteiger partial charge on any atom is -0.376 e. The van der Waals surface area contributed by atoms with Gasteiger partial charge in [-0.15, -0.1) is 0 Å². The van der Waals surface area contributed by atoms with Crippen molar-refractivity contribution >= 4 is 21.7 Å². The highest BCUT2D eigenvalue weighted by molar-refractivity contribution is 9.10. The lowest BCUT2D eigenvalue weighted by Gasteiger charge is -2.17. The number of anilines is 1. The third-order valence-electron chi connectivity index (χ3n) is 2.92. The molecule has 0 amide bonds. The molecule has 0 aliphatic carbocycles. The van der Waals surface area contributed by atoms with Gasteiger partial charge in [0.2, 0.25) is 0 Å². The molecule has 0 saturated carbocycles. The van der Waals surface area contributed by atoms with Gasteiger partial charge in [0.25, 0.3) is 0 Å². The Hall–Kier alpha value is -0.680. The second-order valence-corrected chi connectivity index (χ2v) is 5.17. The van der Waals surface area contributed by atoms with Crippen LogP contribution in [-0.2, 0) is 11.2 Å². The van der Waals surface area contributed by atoms with E-state index in [0.29, 0.717) is 6.04 Å². The van der Waals surface area contributed by atoms with Crippen LogP contribution in [0, 0.1) is 0 Å². The minimum atomic E-state index is 0.248. The molecule has 0 aromatic carbocycles. The van der Waals surface area contributed by atoms with Crippen molar-refractivity contribution in [3.05, 3.63) is 16.5 Å². The van der Waals surface area contributed by atoms with Crippen molar-refractivity contribution in [3.8, 4) is 0 Å². The number of rotatable bonds is 4. The fraction of sp³-hybridized carbons (Fsp3) is 0.667. The van der Waals surface area contributed by atoms with Crippen LogP contribution >= 0.6 is 15.9 Å². The molecule has 5 heteroatoms. The maximum atomic E-state index is 5.53. The molecular formula is C12H18BrN3O. The summed E-state index contributed by atoms with van der Waals surface area (Å²) in [5.74, 6) is 1.77. The molecule has 94 valence electrons. The van der Waals surface area contributed by atoms with Gasteiger partial charge >= 0.3 is 0 Å². The van der Waals surface area contributed by atoms with Crippen molar-refractivity contribution in [2.75, 3.05) is 11.9 Å². The molecule has 17 heavy (non-hydrogen) atoms. The van der Waals surface area contributed by atoms with Crippen LogP contribution in [0.15, 0.2) is 10.7 Å². The van der Waals surface area contributed by atoms with Gasteiger partial charge in [0.15, 0.2) is 0 Å². The Morgan fingerprint density at radius 2 is 2.35 bits per heavy atom. The van der Waals surface area contributed by atoms with Crippen LogP contribution in [0.1, 0.15) is 32.5 Å². The molecule has 0 spiro atoms. The Kier molecular flexibility index (Phi) is 4.34. The number of hydrogen-bond donors (Lipinski definition) is 1. The SMILES string of the molecule is CCCc1nc(Br)cc(NC2CCOC2C)n1. The average Bonchev–Trinajstić information content (AvgIpc) is 2.64. The molecule has 2 heterocycles. The van der Waals surface area contributed by atoms with E-state index in [9.17, 15) is 0 Å². The molecule has 1 fully saturated rings. The van der Waals surface area contributed by atoms with E-state index in [4.69, 9.17) is 4.74 Å². The largest absolute Gasteiger partial charge is 0.376 e. The summed E-state index contributed by atoms with van der Waals surface area (Å²) >= 11 is 3.43. The molecule has 1 aliphatic rings. The molecule has 1 saturated heterocycles. The quantitative estimate of drug-likeness (QED) is 0.869. The number of aromatic nitrogens is 2. The van der Waals surface area contributed by atoms with Crippen molar-refractivity contribution in [2.45, 2.75) is 45.3 Å². The third kappa shape index (κ3) is 3.39. The molecule has 1 aliphatic heterocycles. The number of hydrogen-bond acceptors (Lipinski definition) is 4. The van der Waals surface area contributed by atoms with E-state index in [-0.39, 0.29) is 6.10 Å². The lowest BCUT2D eigenvalue weighted by molar-refractivity contribution is 0.121. The molecule has 2 atom stereocenters. The van der Waals surface area contributed by atoms with Gasteiger partial charge < -0.3 is 10.1 Å². The normalized spacial score (nSPS) is 23.9. The summed E-state index contributed by atoms with van der Waals surface area (Å²) < 4.78 is 6.37. The van der Waals surface area contributed by atoms with Crippen molar-refractivity contribution in [1.82, 2.24) is 9.97 Å². The second kappa shape index (κ2) is 5.78. The van der Waals surface area contributed by atoms with Gasteiger partial charge in [0.1, 0.15) is 16.2 Å². The summed E-state index contributed by atoms with van der Waals surface area (Å²) in [5.41, 5.74) is 0. The van der Waals surface area contributed by atoms with E-state index in [0.717, 1.165) is 42.1 Å². The van der Waals surface area contributed by atoms with Crippen LogP contribution in [0.3, 0.4) is 0 Å². The summed E-state index contributed by atoms with van der Waals surface area (Å²) in [7, 11) is 0. The Bertz CT molecular complexity index is 386. The summed E-state index contributed by atoms with van der Waals surface area (Å²) in [6, 6.07) is 2.27. The number of nitrogens with one attached hydrogen (secondary N) is 1. The highest BCUT2D eigenvalue weighted by Gasteiger charge is 2.24. The third-order valence-corrected chi connectivity index (χ3v) is 3.33. The van der Waals surface area contributed by atoms with E-state index >= 15 is 0 Å². The highest BCUT2D eigenvalue weighted by Crippen LogP contribution is 2.19. The predicted molar refractivity (Wildman–Crippen MR) is 71.2 cm³/mol. The monoisotopic (exact) mass is 299 g/mol. The van der Waals surface area contributed by atoms with Gasteiger partial charge in [-0.1, -0.05) is 6.92 Å². The van der Waals surface area contributed by atoms with Crippen molar-refractivity contribution < 1.29 is 4.74 Å². The first-order valence-corrected chi connectivity index (χ1v) is 6.90. The minimum absolute atomic E-state index is 0.248. The van der Waals surface area contributed by atoms with E-state index in [1.165, 1.54) is 0 Å². The van der Waals surface area contributed by atoms with Gasteiger partial charge in [-0.25, -0.2) is 9.97 Å². The van der Waals surface area contributed by atoms with Crippen molar-refractivity contribution in [1.29, 1.82) is 0 Å². The smallest absolute Gasteiger partial charge is 0.132 e. The first-order valence-electron chi connectivity index (χ1n) is 6.10. The van der Waals surface area contributed by atoms with Crippen LogP contribution in [-0.4, -0.2) is 28.7 Å². The molecular weight excluding hydrogens is 282 g/mol. The first kappa shape index (κ1) is 12.8. The Morgan fingerprint density at radius 1 is 1.53 bits per heavy atom. The number of halogens is 1. The van der Waals surface area contributed by atoms with E-state index < -0.39 is 0 Å². The van der Waals surface area contributed by atoms with Crippen molar-refractivity contribution in [2.24, 2.45) is 0 Å². The summed E-state index contributed by atoms with van der Waals surface area (Å²) in [5, 5.41) is 3.42. The Labute approximate surface area is 110 Å². The zero-order valence-electron chi connectivity index (χ0n) is 10.2. The fourth-order valence-electron chi connectivity index (χ4n) is 1.99. The standard InChI is InChI=1S/C12H18BrN3O/c1-3-4-11-15-10(13)7-12(16-11)14-9-5-6-17-8(9)2/h7-9H,3-6H2,1-2H3,(H,14,15,16). The van der Waals surface area contributed by atoms with Gasteiger partial charge in [-0.2, -0.15) is 0 Å². The number of nitrogens with zero attached hydrogens (tertiary/aromatic N) is 2. The van der Waals surface area contributed by atoms with Gasteiger partial charge in [-0.3, -0.25) is 0 Å². The van der Waals surface area contributed by atoms with E-state index in [1.807, 2.05) is 6.07 Å². The molecule has 4 nitrogen and oxygen atoms in total. The van der Waals surface area contributed by atoms with Crippen LogP contribution < -0.4 is 5.32 Å². The Balaban J connectivity index is 2.09. The molecule has 0 bridgehead atoms. The maximum absolute atomic E-state index is 5.53. The summed E-state index contributed by atoms with van der Waals surface area (Å²) in [4.78, 5) is 8.86. The van der Waals surface area contributed by atoms with Crippen LogP contribution in [0.5, 0.6) is 0 Å². The van der Waals surface area contributed by atoms with E-state index in [2.05, 4.69) is 45.1 Å². The molecule has 2 rings (SSSR count). The van der Waals surface area contributed by atoms with Gasteiger partial charge in [-0.05, 0) is 35.7 Å². The first-order chi connectivity index (χ1) is 8.19. The number of ether oxygens (including phenoxy) is 1. The zero-order valence-corrected chi connectivity index (χ0v) is 11.8. The Morgan fingerprint density at radius 3 is 3.00 bits per heavy atom. The maximum Gasteiger partial charge on any atom is 0.132 e. The fourth-order valence-corrected chi connectivity index (χ4v) is 2.41. The zero-order chi connectivity index (χ0) is 12.3. The summed E-state index contributed by atoms with van der Waals surface area (Å²) in [6.45, 7) is 5.05. The van der Waals surface area contributed by atoms with E-state index in [1.54, 1.807) is 0 Å². The van der Waals surface area contributed by atoms with Gasteiger partial charge in [0, 0.05) is 19.1 Å². The van der Waals surface area contributed by atoms with Crippen molar-refractivity contribution in [3.63, 3.8) is 0 Å². The average molecular weight is 300 g/mol. The molecule has 0 radical (unpaired) electrons. The highest BCUT2D eigenvalue weighted by atomic mass is 79.9. The second-order valence-electron chi connectivity index (χ2n) is 4.36.